The topological polar surface area (TPSA) is 91.0 Å². The van der Waals surface area contributed by atoms with Crippen LogP contribution >= 0.6 is 28.1 Å². The van der Waals surface area contributed by atoms with E-state index in [-0.39, 0.29) is 24.1 Å². The molecular formula is C13H14BrN5O2S. The Morgan fingerprint density at radius 2 is 2.09 bits per heavy atom. The molecule has 7 nitrogen and oxygen atoms in total. The Labute approximate surface area is 141 Å². The predicted octanol–water partition coefficient (Wildman–Crippen LogP) is 0.592. The molecule has 1 fully saturated rings. The van der Waals surface area contributed by atoms with E-state index >= 15 is 0 Å². The second kappa shape index (κ2) is 6.95. The summed E-state index contributed by atoms with van der Waals surface area (Å²) in [4.78, 5) is 24.7. The second-order valence-corrected chi connectivity index (χ2v) is 5.88. The van der Waals surface area contributed by atoms with Crippen LogP contribution in [-0.4, -0.2) is 45.6 Å². The summed E-state index contributed by atoms with van der Waals surface area (Å²) in [6.07, 6.45) is 0. The van der Waals surface area contributed by atoms with Crippen LogP contribution in [0.15, 0.2) is 33.8 Å². The Balaban J connectivity index is 2.16. The molecule has 0 atom stereocenters. The number of benzene rings is 1. The molecule has 2 rings (SSSR count). The first kappa shape index (κ1) is 16.5. The van der Waals surface area contributed by atoms with Gasteiger partial charge in [0.15, 0.2) is 0 Å². The van der Waals surface area contributed by atoms with Crippen LogP contribution in [0.4, 0.5) is 0 Å². The monoisotopic (exact) mass is 383 g/mol. The zero-order valence-corrected chi connectivity index (χ0v) is 14.1. The largest absolute Gasteiger partial charge is 0.329 e. The van der Waals surface area contributed by atoms with Gasteiger partial charge in [0.25, 0.3) is 11.8 Å². The van der Waals surface area contributed by atoms with Crippen LogP contribution in [0.1, 0.15) is 12.5 Å². The van der Waals surface area contributed by atoms with Crippen molar-refractivity contribution in [2.45, 2.75) is 6.92 Å². The summed E-state index contributed by atoms with van der Waals surface area (Å²) in [5.74, 6) is 4.32. The number of hydrogen-bond acceptors (Lipinski definition) is 5. The molecule has 116 valence electrons. The van der Waals surface area contributed by atoms with E-state index in [2.05, 4.69) is 21.0 Å². The molecule has 1 saturated heterocycles. The highest BCUT2D eigenvalue weighted by Gasteiger charge is 2.34. The number of thiocarbonyl (C=S) groups is 1. The van der Waals surface area contributed by atoms with Gasteiger partial charge in [0.1, 0.15) is 13.1 Å². The normalized spacial score (nSPS) is 15.5. The molecule has 0 spiro atoms. The van der Waals surface area contributed by atoms with Crippen molar-refractivity contribution >= 4 is 50.8 Å². The molecule has 3 N–H and O–H groups in total. The van der Waals surface area contributed by atoms with Gasteiger partial charge in [-0.15, -0.1) is 0 Å². The smallest absolute Gasteiger partial charge is 0.269 e. The lowest BCUT2D eigenvalue weighted by Gasteiger charge is -2.16. The maximum Gasteiger partial charge on any atom is 0.269 e. The molecular weight excluding hydrogens is 370 g/mol. The molecule has 1 aromatic carbocycles. The third kappa shape index (κ3) is 3.67. The van der Waals surface area contributed by atoms with E-state index in [0.29, 0.717) is 5.71 Å². The van der Waals surface area contributed by atoms with Crippen molar-refractivity contribution in [3.8, 4) is 0 Å². The average Bonchev–Trinajstić information content (AvgIpc) is 2.75. The van der Waals surface area contributed by atoms with Crippen molar-refractivity contribution < 1.29 is 9.59 Å². The minimum atomic E-state index is -0.425. The first-order chi connectivity index (χ1) is 10.4. The Morgan fingerprint density at radius 1 is 1.45 bits per heavy atom. The van der Waals surface area contributed by atoms with Crippen molar-refractivity contribution in [1.82, 2.24) is 15.3 Å². The van der Waals surface area contributed by atoms with Crippen LogP contribution in [0.5, 0.6) is 0 Å². The number of amides is 2. The van der Waals surface area contributed by atoms with E-state index in [1.54, 1.807) is 6.92 Å². The average molecular weight is 384 g/mol. The molecule has 0 unspecified atom stereocenters. The molecule has 0 bridgehead atoms. The van der Waals surface area contributed by atoms with Crippen molar-refractivity contribution in [3.63, 3.8) is 0 Å². The molecule has 0 aliphatic carbocycles. The zero-order valence-electron chi connectivity index (χ0n) is 11.7. The Morgan fingerprint density at radius 3 is 2.68 bits per heavy atom. The van der Waals surface area contributed by atoms with Crippen molar-refractivity contribution in [1.29, 1.82) is 0 Å². The van der Waals surface area contributed by atoms with Crippen molar-refractivity contribution in [2.24, 2.45) is 10.9 Å². The summed E-state index contributed by atoms with van der Waals surface area (Å²) in [5, 5.41) is 5.58. The Kier molecular flexibility index (Phi) is 5.22. The van der Waals surface area contributed by atoms with E-state index in [0.717, 1.165) is 15.0 Å². The standard InChI is InChI=1S/C13H14BrN5O2S/c1-8(9-2-4-10(14)5-3-9)17-19-12(21)7-18(13(19)22)6-11(20)16-15/h2-5H,6-7,15H2,1H3,(H,16,20)/b17-8+. The highest BCUT2D eigenvalue weighted by Crippen LogP contribution is 2.15. The van der Waals surface area contributed by atoms with Crippen LogP contribution in [0.25, 0.3) is 0 Å². The SMILES string of the molecule is C/C(=N\N1C(=O)CN(CC(=O)NN)C1=S)c1ccc(Br)cc1. The fourth-order valence-electron chi connectivity index (χ4n) is 1.88. The lowest BCUT2D eigenvalue weighted by atomic mass is 10.1. The van der Waals surface area contributed by atoms with Gasteiger partial charge < -0.3 is 4.90 Å². The summed E-state index contributed by atoms with van der Waals surface area (Å²) in [6, 6.07) is 7.53. The number of hydrogen-bond donors (Lipinski definition) is 2. The summed E-state index contributed by atoms with van der Waals surface area (Å²) in [5.41, 5.74) is 3.52. The van der Waals surface area contributed by atoms with Gasteiger partial charge in [0.05, 0.1) is 5.71 Å². The molecule has 9 heteroatoms. The molecule has 1 heterocycles. The predicted molar refractivity (Wildman–Crippen MR) is 89.7 cm³/mol. The van der Waals surface area contributed by atoms with Gasteiger partial charge >= 0.3 is 0 Å². The maximum absolute atomic E-state index is 12.0. The molecule has 1 aliphatic rings. The number of hydrazine groups is 1. The first-order valence-corrected chi connectivity index (χ1v) is 7.55. The summed E-state index contributed by atoms with van der Waals surface area (Å²) >= 11 is 8.55. The van der Waals surface area contributed by atoms with E-state index < -0.39 is 5.91 Å². The number of nitrogens with one attached hydrogen (secondary N) is 1. The quantitative estimate of drug-likeness (QED) is 0.261. The third-order valence-electron chi connectivity index (χ3n) is 3.02. The van der Waals surface area contributed by atoms with E-state index in [1.165, 1.54) is 4.90 Å². The summed E-state index contributed by atoms with van der Waals surface area (Å²) in [7, 11) is 0. The van der Waals surface area contributed by atoms with Crippen LogP contribution in [-0.2, 0) is 9.59 Å². The van der Waals surface area contributed by atoms with Crippen LogP contribution in [0.3, 0.4) is 0 Å². The van der Waals surface area contributed by atoms with Gasteiger partial charge in [0.2, 0.25) is 5.11 Å². The fourth-order valence-corrected chi connectivity index (χ4v) is 2.41. The minimum Gasteiger partial charge on any atom is -0.329 e. The molecule has 1 aromatic rings. The number of nitrogens with zero attached hydrogens (tertiary/aromatic N) is 3. The van der Waals surface area contributed by atoms with E-state index in [4.69, 9.17) is 18.1 Å². The zero-order chi connectivity index (χ0) is 16.3. The lowest BCUT2D eigenvalue weighted by Crippen LogP contribution is -2.41. The van der Waals surface area contributed by atoms with Gasteiger partial charge in [-0.3, -0.25) is 15.0 Å². The van der Waals surface area contributed by atoms with E-state index in [1.807, 2.05) is 29.7 Å². The van der Waals surface area contributed by atoms with Gasteiger partial charge in [-0.1, -0.05) is 28.1 Å². The Hall–Kier alpha value is -1.84. The van der Waals surface area contributed by atoms with Crippen LogP contribution in [0, 0.1) is 0 Å². The van der Waals surface area contributed by atoms with E-state index in [9.17, 15) is 9.59 Å². The molecule has 0 saturated carbocycles. The molecule has 0 radical (unpaired) electrons. The second-order valence-electron chi connectivity index (χ2n) is 4.60. The molecule has 2 amide bonds. The molecule has 22 heavy (non-hydrogen) atoms. The van der Waals surface area contributed by atoms with Crippen molar-refractivity contribution in [3.05, 3.63) is 34.3 Å². The van der Waals surface area contributed by atoms with Gasteiger partial charge in [-0.25, -0.2) is 5.84 Å². The first-order valence-electron chi connectivity index (χ1n) is 6.35. The molecule has 1 aliphatic heterocycles. The summed E-state index contributed by atoms with van der Waals surface area (Å²) in [6.45, 7) is 1.71. The highest BCUT2D eigenvalue weighted by molar-refractivity contribution is 9.10. The fraction of sp³-hybridized carbons (Fsp3) is 0.231. The lowest BCUT2D eigenvalue weighted by molar-refractivity contribution is -0.125. The van der Waals surface area contributed by atoms with Crippen LogP contribution < -0.4 is 11.3 Å². The number of carbonyl (C=O) groups excluding carboxylic acids is 2. The van der Waals surface area contributed by atoms with Gasteiger partial charge in [-0.2, -0.15) is 10.1 Å². The Bertz CT molecular complexity index is 646. The number of nitrogens with two attached hydrogens (primary N) is 1. The number of rotatable bonds is 4. The third-order valence-corrected chi connectivity index (χ3v) is 3.98. The maximum atomic E-state index is 12.0. The van der Waals surface area contributed by atoms with Crippen LogP contribution in [0.2, 0.25) is 0 Å². The summed E-state index contributed by atoms with van der Waals surface area (Å²) < 4.78 is 0.954. The van der Waals surface area contributed by atoms with Gasteiger partial charge in [0, 0.05) is 4.47 Å². The number of halogens is 1. The highest BCUT2D eigenvalue weighted by atomic mass is 79.9. The van der Waals surface area contributed by atoms with Crippen molar-refractivity contribution in [2.75, 3.05) is 13.1 Å². The number of hydrazone groups is 1. The number of carbonyl (C=O) groups is 2. The van der Waals surface area contributed by atoms with Gasteiger partial charge in [-0.05, 0) is 36.8 Å². The molecule has 0 aromatic heterocycles. The minimum absolute atomic E-state index is 0.00334.